The van der Waals surface area contributed by atoms with E-state index in [4.69, 9.17) is 4.74 Å². The fraction of sp³-hybridized carbons (Fsp3) is 0.462. The first-order valence-electron chi connectivity index (χ1n) is 5.60. The van der Waals surface area contributed by atoms with Crippen molar-refractivity contribution < 1.29 is 14.6 Å². The van der Waals surface area contributed by atoms with E-state index in [-0.39, 0.29) is 18.3 Å². The van der Waals surface area contributed by atoms with Crippen molar-refractivity contribution in [3.63, 3.8) is 0 Å². The Morgan fingerprint density at radius 2 is 2.12 bits per heavy atom. The normalized spacial score (nSPS) is 21.6. The molecular weight excluding hydrogens is 204 g/mol. The molecule has 3 nitrogen and oxygen atoms in total. The monoisotopic (exact) mass is 220 g/mol. The minimum Gasteiger partial charge on any atom is -0.390 e. The smallest absolute Gasteiger partial charge is 0.138 e. The van der Waals surface area contributed by atoms with Gasteiger partial charge in [0.05, 0.1) is 19.3 Å². The van der Waals surface area contributed by atoms with Crippen molar-refractivity contribution in [3.8, 4) is 0 Å². The van der Waals surface area contributed by atoms with E-state index in [0.29, 0.717) is 13.0 Å². The molecule has 0 aromatic heterocycles. The SMILES string of the molecule is O=C1CCC1[C@@H](O)COCc1ccccc1. The maximum absolute atomic E-state index is 11.1. The standard InChI is InChI=1S/C13H16O3/c14-12-7-6-11(12)13(15)9-16-8-10-4-2-1-3-5-10/h1-5,11,13,15H,6-9H2/t11?,13-/m0/s1. The molecule has 86 valence electrons. The predicted octanol–water partition coefficient (Wildman–Crippen LogP) is 1.54. The Balaban J connectivity index is 1.70. The quantitative estimate of drug-likeness (QED) is 0.818. The van der Waals surface area contributed by atoms with Crippen LogP contribution >= 0.6 is 0 Å². The van der Waals surface area contributed by atoms with E-state index >= 15 is 0 Å². The molecule has 0 heterocycles. The lowest BCUT2D eigenvalue weighted by atomic mass is 9.80. The van der Waals surface area contributed by atoms with Gasteiger partial charge in [-0.25, -0.2) is 0 Å². The minimum absolute atomic E-state index is 0.163. The van der Waals surface area contributed by atoms with Gasteiger partial charge in [-0.3, -0.25) is 4.79 Å². The van der Waals surface area contributed by atoms with Crippen molar-refractivity contribution in [1.29, 1.82) is 0 Å². The van der Waals surface area contributed by atoms with Crippen molar-refractivity contribution in [2.24, 2.45) is 5.92 Å². The first-order valence-corrected chi connectivity index (χ1v) is 5.60. The van der Waals surface area contributed by atoms with Crippen LogP contribution in [0.3, 0.4) is 0 Å². The van der Waals surface area contributed by atoms with Crippen LogP contribution in [-0.4, -0.2) is 23.6 Å². The zero-order valence-electron chi connectivity index (χ0n) is 9.13. The molecule has 3 heteroatoms. The molecule has 0 bridgehead atoms. The van der Waals surface area contributed by atoms with Crippen LogP contribution in [-0.2, 0) is 16.1 Å². The van der Waals surface area contributed by atoms with Gasteiger partial charge in [0.15, 0.2) is 0 Å². The maximum Gasteiger partial charge on any atom is 0.138 e. The molecule has 1 unspecified atom stereocenters. The van der Waals surface area contributed by atoms with E-state index in [1.807, 2.05) is 30.3 Å². The second kappa shape index (κ2) is 5.23. The average Bonchev–Trinajstić information content (AvgIpc) is 2.28. The lowest BCUT2D eigenvalue weighted by molar-refractivity contribution is -0.136. The van der Waals surface area contributed by atoms with Gasteiger partial charge < -0.3 is 9.84 Å². The predicted molar refractivity (Wildman–Crippen MR) is 59.8 cm³/mol. The van der Waals surface area contributed by atoms with Crippen molar-refractivity contribution >= 4 is 5.78 Å². The molecule has 2 rings (SSSR count). The highest BCUT2D eigenvalue weighted by Gasteiger charge is 2.34. The molecule has 1 aliphatic rings. The second-order valence-corrected chi connectivity index (χ2v) is 4.18. The molecule has 1 saturated carbocycles. The number of ether oxygens (including phenoxy) is 1. The number of aliphatic hydroxyl groups is 1. The number of aliphatic hydroxyl groups excluding tert-OH is 1. The van der Waals surface area contributed by atoms with Crippen molar-refractivity contribution in [2.45, 2.75) is 25.6 Å². The largest absolute Gasteiger partial charge is 0.390 e. The molecule has 1 aliphatic carbocycles. The third kappa shape index (κ3) is 2.68. The molecule has 1 N–H and O–H groups in total. The van der Waals surface area contributed by atoms with Crippen LogP contribution in [0.4, 0.5) is 0 Å². The lowest BCUT2D eigenvalue weighted by Crippen LogP contribution is -2.38. The maximum atomic E-state index is 11.1. The summed E-state index contributed by atoms with van der Waals surface area (Å²) in [6.45, 7) is 0.726. The van der Waals surface area contributed by atoms with E-state index in [9.17, 15) is 9.90 Å². The van der Waals surface area contributed by atoms with Gasteiger partial charge in [-0.05, 0) is 12.0 Å². The Labute approximate surface area is 95.0 Å². The van der Waals surface area contributed by atoms with Crippen LogP contribution in [0.25, 0.3) is 0 Å². The number of benzene rings is 1. The highest BCUT2D eigenvalue weighted by molar-refractivity contribution is 5.86. The average molecular weight is 220 g/mol. The minimum atomic E-state index is -0.634. The van der Waals surface area contributed by atoms with Gasteiger partial charge in [0.2, 0.25) is 0 Å². The molecule has 1 aromatic carbocycles. The molecule has 0 amide bonds. The van der Waals surface area contributed by atoms with Crippen LogP contribution in [0.15, 0.2) is 30.3 Å². The molecular formula is C13H16O3. The summed E-state index contributed by atoms with van der Waals surface area (Å²) in [5.74, 6) is -0.0217. The Hall–Kier alpha value is -1.19. The Bertz CT molecular complexity index is 347. The summed E-state index contributed by atoms with van der Waals surface area (Å²) in [6.07, 6.45) is 0.778. The third-order valence-electron chi connectivity index (χ3n) is 2.98. The number of carbonyl (C=O) groups excluding carboxylic acids is 1. The van der Waals surface area contributed by atoms with Gasteiger partial charge in [-0.1, -0.05) is 30.3 Å². The molecule has 0 spiro atoms. The molecule has 0 radical (unpaired) electrons. The molecule has 0 saturated heterocycles. The summed E-state index contributed by atoms with van der Waals surface area (Å²) in [6, 6.07) is 9.79. The van der Waals surface area contributed by atoms with Crippen molar-refractivity contribution in [3.05, 3.63) is 35.9 Å². The number of carbonyl (C=O) groups is 1. The summed E-state index contributed by atoms with van der Waals surface area (Å²) in [7, 11) is 0. The van der Waals surface area contributed by atoms with E-state index in [0.717, 1.165) is 12.0 Å². The van der Waals surface area contributed by atoms with Gasteiger partial charge >= 0.3 is 0 Å². The fourth-order valence-electron chi connectivity index (χ4n) is 1.82. The van der Waals surface area contributed by atoms with Crippen molar-refractivity contribution in [1.82, 2.24) is 0 Å². The first kappa shape index (κ1) is 11.3. The van der Waals surface area contributed by atoms with Crippen LogP contribution in [0, 0.1) is 5.92 Å². The second-order valence-electron chi connectivity index (χ2n) is 4.18. The van der Waals surface area contributed by atoms with Gasteiger partial charge in [-0.15, -0.1) is 0 Å². The van der Waals surface area contributed by atoms with Crippen LogP contribution in [0.2, 0.25) is 0 Å². The molecule has 16 heavy (non-hydrogen) atoms. The van der Waals surface area contributed by atoms with Crippen LogP contribution < -0.4 is 0 Å². The number of hydrogen-bond donors (Lipinski definition) is 1. The highest BCUT2D eigenvalue weighted by Crippen LogP contribution is 2.25. The van der Waals surface area contributed by atoms with Gasteiger partial charge in [-0.2, -0.15) is 0 Å². The first-order chi connectivity index (χ1) is 7.77. The number of Topliss-reactive ketones (excluding diaryl/α,β-unsaturated/α-hetero) is 1. The van der Waals surface area contributed by atoms with E-state index in [2.05, 4.69) is 0 Å². The van der Waals surface area contributed by atoms with Gasteiger partial charge in [0.25, 0.3) is 0 Å². The molecule has 2 atom stereocenters. The van der Waals surface area contributed by atoms with Gasteiger partial charge in [0, 0.05) is 12.3 Å². The van der Waals surface area contributed by atoms with E-state index in [1.165, 1.54) is 0 Å². The number of rotatable bonds is 5. The number of ketones is 1. The van der Waals surface area contributed by atoms with Crippen LogP contribution in [0.1, 0.15) is 18.4 Å². The van der Waals surface area contributed by atoms with Gasteiger partial charge in [0.1, 0.15) is 5.78 Å². The Kier molecular flexibility index (Phi) is 3.70. The Morgan fingerprint density at radius 1 is 1.38 bits per heavy atom. The lowest BCUT2D eigenvalue weighted by Gasteiger charge is -2.28. The van der Waals surface area contributed by atoms with E-state index in [1.54, 1.807) is 0 Å². The molecule has 1 fully saturated rings. The summed E-state index contributed by atoms with van der Waals surface area (Å²) in [4.78, 5) is 11.1. The number of hydrogen-bond acceptors (Lipinski definition) is 3. The summed E-state index contributed by atoms with van der Waals surface area (Å²) in [5, 5.41) is 9.67. The van der Waals surface area contributed by atoms with Crippen LogP contribution in [0.5, 0.6) is 0 Å². The van der Waals surface area contributed by atoms with Crippen molar-refractivity contribution in [2.75, 3.05) is 6.61 Å². The zero-order valence-corrected chi connectivity index (χ0v) is 9.13. The highest BCUT2D eigenvalue weighted by atomic mass is 16.5. The zero-order chi connectivity index (χ0) is 11.4. The summed E-state index contributed by atoms with van der Waals surface area (Å²) < 4.78 is 5.38. The fourth-order valence-corrected chi connectivity index (χ4v) is 1.82. The summed E-state index contributed by atoms with van der Waals surface area (Å²) >= 11 is 0. The Morgan fingerprint density at radius 3 is 2.69 bits per heavy atom. The van der Waals surface area contributed by atoms with E-state index < -0.39 is 6.10 Å². The molecule has 1 aromatic rings. The molecule has 0 aliphatic heterocycles. The topological polar surface area (TPSA) is 46.5 Å². The third-order valence-corrected chi connectivity index (χ3v) is 2.98. The summed E-state index contributed by atoms with van der Waals surface area (Å²) in [5.41, 5.74) is 1.08.